The summed E-state index contributed by atoms with van der Waals surface area (Å²) in [7, 11) is -1.74. The molecular formula is C20H26N2O4S2. The summed E-state index contributed by atoms with van der Waals surface area (Å²) in [6.45, 7) is 2.10. The molecule has 0 radical (unpaired) electrons. The number of carbonyl (C=O) groups excluding carboxylic acids is 1. The molecule has 1 aliphatic heterocycles. The largest absolute Gasteiger partial charge is 0.383 e. The molecule has 0 atom stereocenters. The van der Waals surface area contributed by atoms with E-state index in [-0.39, 0.29) is 5.91 Å². The number of sulfonamides is 1. The van der Waals surface area contributed by atoms with Crippen molar-refractivity contribution in [2.75, 3.05) is 33.4 Å². The first kappa shape index (κ1) is 21.0. The molecule has 1 saturated heterocycles. The van der Waals surface area contributed by atoms with E-state index in [1.165, 1.54) is 16.9 Å². The third kappa shape index (κ3) is 5.20. The number of hydrogen-bond acceptors (Lipinski definition) is 5. The number of ether oxygens (including phenoxy) is 1. The predicted octanol–water partition coefficient (Wildman–Crippen LogP) is 2.77. The van der Waals surface area contributed by atoms with Crippen LogP contribution in [0.3, 0.4) is 0 Å². The van der Waals surface area contributed by atoms with Crippen LogP contribution in [-0.4, -0.2) is 52.0 Å². The van der Waals surface area contributed by atoms with Gasteiger partial charge in [0.25, 0.3) is 15.9 Å². The molecule has 6 nitrogen and oxygen atoms in total. The lowest BCUT2D eigenvalue weighted by Crippen LogP contribution is -2.38. The molecule has 28 heavy (non-hydrogen) atoms. The number of benzene rings is 1. The number of nitrogens with one attached hydrogen (secondary N) is 1. The minimum absolute atomic E-state index is 0.101. The van der Waals surface area contributed by atoms with Gasteiger partial charge in [-0.2, -0.15) is 4.31 Å². The summed E-state index contributed by atoms with van der Waals surface area (Å²) < 4.78 is 32.1. The quantitative estimate of drug-likeness (QED) is 0.664. The molecule has 1 aromatic heterocycles. The van der Waals surface area contributed by atoms with E-state index in [2.05, 4.69) is 5.32 Å². The van der Waals surface area contributed by atoms with E-state index in [9.17, 15) is 13.2 Å². The number of piperidine rings is 1. The van der Waals surface area contributed by atoms with Gasteiger partial charge in [-0.3, -0.25) is 4.79 Å². The number of rotatable bonds is 8. The van der Waals surface area contributed by atoms with Crippen molar-refractivity contribution < 1.29 is 17.9 Å². The van der Waals surface area contributed by atoms with Crippen LogP contribution in [0.1, 0.15) is 28.8 Å². The smallest absolute Gasteiger partial charge is 0.252 e. The SMILES string of the molecule is COCCNC(=O)c1ccc(CC2CCN(S(=O)(=O)c3cccs3)CC2)cc1. The molecule has 3 rings (SSSR count). The van der Waals surface area contributed by atoms with Crippen LogP contribution in [0.4, 0.5) is 0 Å². The highest BCUT2D eigenvalue weighted by Crippen LogP contribution is 2.28. The van der Waals surface area contributed by atoms with Gasteiger partial charge in [-0.15, -0.1) is 11.3 Å². The van der Waals surface area contributed by atoms with Crippen LogP contribution in [0.15, 0.2) is 46.0 Å². The minimum atomic E-state index is -3.34. The number of nitrogens with zero attached hydrogens (tertiary/aromatic N) is 1. The maximum atomic E-state index is 12.6. The second-order valence-electron chi connectivity index (χ2n) is 6.93. The first-order chi connectivity index (χ1) is 13.5. The molecule has 1 amide bonds. The van der Waals surface area contributed by atoms with Gasteiger partial charge in [-0.05, 0) is 54.3 Å². The molecule has 2 aromatic rings. The Morgan fingerprint density at radius 2 is 1.93 bits per heavy atom. The van der Waals surface area contributed by atoms with Crippen LogP contribution in [0, 0.1) is 5.92 Å². The van der Waals surface area contributed by atoms with Crippen LogP contribution >= 0.6 is 11.3 Å². The second-order valence-corrected chi connectivity index (χ2v) is 10.0. The number of hydrogen-bond donors (Lipinski definition) is 1. The van der Waals surface area contributed by atoms with E-state index in [1.807, 2.05) is 24.3 Å². The molecule has 1 aromatic carbocycles. The Morgan fingerprint density at radius 3 is 2.54 bits per heavy atom. The van der Waals surface area contributed by atoms with Crippen molar-refractivity contribution in [2.45, 2.75) is 23.5 Å². The van der Waals surface area contributed by atoms with E-state index in [0.717, 1.165) is 19.3 Å². The molecule has 2 heterocycles. The zero-order valence-electron chi connectivity index (χ0n) is 16.0. The minimum Gasteiger partial charge on any atom is -0.383 e. The summed E-state index contributed by atoms with van der Waals surface area (Å²) in [6.07, 6.45) is 2.60. The van der Waals surface area contributed by atoms with Crippen molar-refractivity contribution in [3.63, 3.8) is 0 Å². The monoisotopic (exact) mass is 422 g/mol. The van der Waals surface area contributed by atoms with Gasteiger partial charge in [0.05, 0.1) is 6.61 Å². The van der Waals surface area contributed by atoms with Crippen molar-refractivity contribution >= 4 is 27.3 Å². The van der Waals surface area contributed by atoms with Crippen LogP contribution in [-0.2, 0) is 21.2 Å². The molecule has 1 N–H and O–H groups in total. The number of methoxy groups -OCH3 is 1. The highest BCUT2D eigenvalue weighted by Gasteiger charge is 2.29. The molecule has 1 aliphatic rings. The lowest BCUT2D eigenvalue weighted by atomic mass is 9.91. The lowest BCUT2D eigenvalue weighted by Gasteiger charge is -2.30. The fraction of sp³-hybridized carbons (Fsp3) is 0.450. The van der Waals surface area contributed by atoms with Gasteiger partial charge in [0, 0.05) is 32.3 Å². The van der Waals surface area contributed by atoms with E-state index in [1.54, 1.807) is 28.9 Å². The zero-order valence-corrected chi connectivity index (χ0v) is 17.6. The molecular weight excluding hydrogens is 396 g/mol. The fourth-order valence-corrected chi connectivity index (χ4v) is 6.00. The Morgan fingerprint density at radius 1 is 1.21 bits per heavy atom. The predicted molar refractivity (Wildman–Crippen MR) is 110 cm³/mol. The van der Waals surface area contributed by atoms with E-state index in [4.69, 9.17) is 4.74 Å². The third-order valence-corrected chi connectivity index (χ3v) is 8.27. The Labute approximate surface area is 170 Å². The number of amides is 1. The first-order valence-corrected chi connectivity index (χ1v) is 11.7. The molecule has 0 bridgehead atoms. The van der Waals surface area contributed by atoms with E-state index >= 15 is 0 Å². The van der Waals surface area contributed by atoms with Gasteiger partial charge in [-0.25, -0.2) is 8.42 Å². The lowest BCUT2D eigenvalue weighted by molar-refractivity contribution is 0.0937. The second kappa shape index (κ2) is 9.65. The summed E-state index contributed by atoms with van der Waals surface area (Å²) in [5.41, 5.74) is 1.81. The highest BCUT2D eigenvalue weighted by molar-refractivity contribution is 7.91. The molecule has 0 saturated carbocycles. The Balaban J connectivity index is 1.50. The average molecular weight is 423 g/mol. The van der Waals surface area contributed by atoms with Crippen LogP contribution in [0.25, 0.3) is 0 Å². The molecule has 0 unspecified atom stereocenters. The topological polar surface area (TPSA) is 75.7 Å². The van der Waals surface area contributed by atoms with Crippen molar-refractivity contribution in [3.05, 3.63) is 52.9 Å². The Bertz CT molecular complexity index is 856. The molecule has 0 aliphatic carbocycles. The molecule has 0 spiro atoms. The summed E-state index contributed by atoms with van der Waals surface area (Å²) in [5.74, 6) is 0.354. The highest BCUT2D eigenvalue weighted by atomic mass is 32.2. The van der Waals surface area contributed by atoms with Gasteiger partial charge in [0.2, 0.25) is 0 Å². The van der Waals surface area contributed by atoms with Gasteiger partial charge in [0.15, 0.2) is 0 Å². The van der Waals surface area contributed by atoms with E-state index in [0.29, 0.717) is 41.9 Å². The van der Waals surface area contributed by atoms with Crippen LogP contribution in [0.2, 0.25) is 0 Å². The first-order valence-electron chi connectivity index (χ1n) is 9.40. The Kier molecular flexibility index (Phi) is 7.23. The molecule has 1 fully saturated rings. The van der Waals surface area contributed by atoms with Crippen molar-refractivity contribution in [3.8, 4) is 0 Å². The number of thiophene rings is 1. The maximum Gasteiger partial charge on any atom is 0.252 e. The van der Waals surface area contributed by atoms with Crippen molar-refractivity contribution in [1.82, 2.24) is 9.62 Å². The van der Waals surface area contributed by atoms with Crippen molar-refractivity contribution in [1.29, 1.82) is 0 Å². The van der Waals surface area contributed by atoms with Gasteiger partial charge >= 0.3 is 0 Å². The summed E-state index contributed by atoms with van der Waals surface area (Å²) in [6, 6.07) is 11.1. The fourth-order valence-electron chi connectivity index (χ4n) is 3.39. The van der Waals surface area contributed by atoms with Gasteiger partial charge < -0.3 is 10.1 Å². The van der Waals surface area contributed by atoms with E-state index < -0.39 is 10.0 Å². The zero-order chi connectivity index (χ0) is 20.0. The average Bonchev–Trinajstić information content (AvgIpc) is 3.25. The van der Waals surface area contributed by atoms with Crippen LogP contribution in [0.5, 0.6) is 0 Å². The summed E-state index contributed by atoms with van der Waals surface area (Å²) >= 11 is 1.27. The Hall–Kier alpha value is -1.74. The molecule has 152 valence electrons. The maximum absolute atomic E-state index is 12.6. The summed E-state index contributed by atoms with van der Waals surface area (Å²) in [5, 5.41) is 4.60. The van der Waals surface area contributed by atoms with Gasteiger partial charge in [-0.1, -0.05) is 18.2 Å². The third-order valence-electron chi connectivity index (χ3n) is 4.99. The van der Waals surface area contributed by atoms with Gasteiger partial charge in [0.1, 0.15) is 4.21 Å². The van der Waals surface area contributed by atoms with Crippen molar-refractivity contribution in [2.24, 2.45) is 5.92 Å². The summed E-state index contributed by atoms with van der Waals surface area (Å²) in [4.78, 5) is 12.0. The standard InChI is InChI=1S/C20H26N2O4S2/c1-26-13-10-21-20(23)18-6-4-16(5-7-18)15-17-8-11-22(12-9-17)28(24,25)19-3-2-14-27-19/h2-7,14,17H,8-13,15H2,1H3,(H,21,23). The normalized spacial score (nSPS) is 16.2. The molecule has 8 heteroatoms. The number of carbonyl (C=O) groups is 1. The van der Waals surface area contributed by atoms with Crippen LogP contribution < -0.4 is 5.32 Å².